The van der Waals surface area contributed by atoms with Crippen molar-refractivity contribution in [2.75, 3.05) is 6.54 Å². The molecular formula is C12H23NO. The molecule has 0 aromatic rings. The summed E-state index contributed by atoms with van der Waals surface area (Å²) in [5, 5.41) is 0. The molecule has 1 amide bonds. The zero-order valence-electron chi connectivity index (χ0n) is 9.75. The van der Waals surface area contributed by atoms with Gasteiger partial charge in [0.25, 0.3) is 0 Å². The molecule has 0 saturated carbocycles. The van der Waals surface area contributed by atoms with E-state index in [4.69, 9.17) is 0 Å². The van der Waals surface area contributed by atoms with Gasteiger partial charge in [0.15, 0.2) is 0 Å². The van der Waals surface area contributed by atoms with Crippen molar-refractivity contribution in [2.24, 2.45) is 5.92 Å². The minimum Gasteiger partial charge on any atom is -0.340 e. The topological polar surface area (TPSA) is 20.3 Å². The van der Waals surface area contributed by atoms with Gasteiger partial charge in [0.1, 0.15) is 0 Å². The van der Waals surface area contributed by atoms with Crippen LogP contribution in [0.4, 0.5) is 0 Å². The first-order chi connectivity index (χ1) is 6.65. The molecule has 1 saturated heterocycles. The first-order valence-corrected chi connectivity index (χ1v) is 5.94. The van der Waals surface area contributed by atoms with Crippen LogP contribution in [0, 0.1) is 5.92 Å². The summed E-state index contributed by atoms with van der Waals surface area (Å²) in [5.74, 6) is 1.08. The quantitative estimate of drug-likeness (QED) is 0.678. The Balaban J connectivity index is 2.55. The van der Waals surface area contributed by atoms with Gasteiger partial charge in [-0.15, -0.1) is 0 Å². The van der Waals surface area contributed by atoms with Crippen molar-refractivity contribution >= 4 is 5.91 Å². The molecule has 1 heterocycles. The molecule has 0 aromatic carbocycles. The molecule has 1 atom stereocenters. The van der Waals surface area contributed by atoms with Crippen LogP contribution < -0.4 is 0 Å². The van der Waals surface area contributed by atoms with Crippen LogP contribution in [0.5, 0.6) is 0 Å². The molecule has 1 rings (SSSR count). The van der Waals surface area contributed by atoms with Crippen LogP contribution in [-0.4, -0.2) is 23.4 Å². The Morgan fingerprint density at radius 3 is 2.79 bits per heavy atom. The lowest BCUT2D eigenvalue weighted by Gasteiger charge is -2.36. The number of hydrogen-bond donors (Lipinski definition) is 0. The van der Waals surface area contributed by atoms with Gasteiger partial charge in [-0.25, -0.2) is 0 Å². The van der Waals surface area contributed by atoms with E-state index in [1.807, 2.05) is 0 Å². The van der Waals surface area contributed by atoms with Crippen LogP contribution in [0.2, 0.25) is 0 Å². The smallest absolute Gasteiger partial charge is 0.222 e. The lowest BCUT2D eigenvalue weighted by Crippen LogP contribution is -2.44. The van der Waals surface area contributed by atoms with E-state index in [9.17, 15) is 4.79 Å². The van der Waals surface area contributed by atoms with Crippen molar-refractivity contribution in [2.45, 2.75) is 58.9 Å². The number of hydrogen-bond acceptors (Lipinski definition) is 1. The van der Waals surface area contributed by atoms with Crippen LogP contribution in [0.15, 0.2) is 0 Å². The first kappa shape index (κ1) is 11.5. The molecule has 1 fully saturated rings. The van der Waals surface area contributed by atoms with Gasteiger partial charge >= 0.3 is 0 Å². The summed E-state index contributed by atoms with van der Waals surface area (Å²) in [4.78, 5) is 13.8. The fraction of sp³-hybridized carbons (Fsp3) is 0.917. The molecule has 82 valence electrons. The fourth-order valence-corrected chi connectivity index (χ4v) is 2.33. The van der Waals surface area contributed by atoms with Crippen molar-refractivity contribution in [1.82, 2.24) is 4.90 Å². The van der Waals surface area contributed by atoms with Crippen molar-refractivity contribution in [3.63, 3.8) is 0 Å². The number of rotatable bonds is 4. The second-order valence-electron chi connectivity index (χ2n) is 4.76. The summed E-state index contributed by atoms with van der Waals surface area (Å²) >= 11 is 0. The van der Waals surface area contributed by atoms with Gasteiger partial charge in [0, 0.05) is 19.0 Å². The summed E-state index contributed by atoms with van der Waals surface area (Å²) in [6, 6.07) is 0.524. The Morgan fingerprint density at radius 1 is 1.50 bits per heavy atom. The van der Waals surface area contributed by atoms with Gasteiger partial charge < -0.3 is 4.90 Å². The zero-order chi connectivity index (χ0) is 10.6. The summed E-state index contributed by atoms with van der Waals surface area (Å²) in [6.45, 7) is 7.58. The Labute approximate surface area is 87.7 Å². The van der Waals surface area contributed by atoms with Crippen molar-refractivity contribution in [1.29, 1.82) is 0 Å². The maximum Gasteiger partial charge on any atom is 0.222 e. The molecule has 0 aliphatic carbocycles. The zero-order valence-corrected chi connectivity index (χ0v) is 9.75. The van der Waals surface area contributed by atoms with E-state index in [1.165, 1.54) is 12.8 Å². The van der Waals surface area contributed by atoms with Crippen LogP contribution in [0.3, 0.4) is 0 Å². The summed E-state index contributed by atoms with van der Waals surface area (Å²) in [7, 11) is 0. The molecule has 0 spiro atoms. The average Bonchev–Trinajstić information content (AvgIpc) is 2.10. The minimum atomic E-state index is 0.378. The number of piperidine rings is 1. The highest BCUT2D eigenvalue weighted by atomic mass is 16.2. The summed E-state index contributed by atoms with van der Waals surface area (Å²) in [5.41, 5.74) is 0. The summed E-state index contributed by atoms with van der Waals surface area (Å²) < 4.78 is 0. The molecular weight excluding hydrogens is 174 g/mol. The molecule has 2 heteroatoms. The van der Waals surface area contributed by atoms with Gasteiger partial charge in [-0.05, 0) is 31.6 Å². The van der Waals surface area contributed by atoms with Gasteiger partial charge in [-0.3, -0.25) is 4.79 Å². The second-order valence-corrected chi connectivity index (χ2v) is 4.76. The maximum atomic E-state index is 11.7. The average molecular weight is 197 g/mol. The Hall–Kier alpha value is -0.530. The van der Waals surface area contributed by atoms with E-state index < -0.39 is 0 Å². The van der Waals surface area contributed by atoms with Crippen LogP contribution >= 0.6 is 0 Å². The monoisotopic (exact) mass is 197 g/mol. The predicted molar refractivity (Wildman–Crippen MR) is 59.1 cm³/mol. The maximum absolute atomic E-state index is 11.7. The normalized spacial score (nSPS) is 23.3. The lowest BCUT2D eigenvalue weighted by atomic mass is 9.93. The van der Waals surface area contributed by atoms with Crippen LogP contribution in [0.1, 0.15) is 52.9 Å². The highest BCUT2D eigenvalue weighted by Gasteiger charge is 2.27. The highest BCUT2D eigenvalue weighted by Crippen LogP contribution is 2.23. The number of likely N-dealkylation sites (tertiary alicyclic amines) is 1. The van der Waals surface area contributed by atoms with E-state index in [0.29, 0.717) is 17.9 Å². The SMILES string of the molecule is CCCN1C(=O)CCCC1CC(C)C. The molecule has 1 aliphatic rings. The molecule has 0 N–H and O–H groups in total. The predicted octanol–water partition coefficient (Wildman–Crippen LogP) is 2.82. The largest absolute Gasteiger partial charge is 0.340 e. The Kier molecular flexibility index (Phi) is 4.43. The van der Waals surface area contributed by atoms with E-state index >= 15 is 0 Å². The molecule has 0 bridgehead atoms. The molecule has 14 heavy (non-hydrogen) atoms. The molecule has 0 radical (unpaired) electrons. The second kappa shape index (κ2) is 5.38. The minimum absolute atomic E-state index is 0.378. The Bertz CT molecular complexity index is 189. The van der Waals surface area contributed by atoms with Gasteiger partial charge in [-0.2, -0.15) is 0 Å². The third kappa shape index (κ3) is 3.00. The highest BCUT2D eigenvalue weighted by molar-refractivity contribution is 5.77. The number of carbonyl (C=O) groups excluding carboxylic acids is 1. The van der Waals surface area contributed by atoms with Crippen LogP contribution in [0.25, 0.3) is 0 Å². The van der Waals surface area contributed by atoms with Crippen molar-refractivity contribution < 1.29 is 4.79 Å². The first-order valence-electron chi connectivity index (χ1n) is 5.94. The summed E-state index contributed by atoms with van der Waals surface area (Å²) in [6.07, 6.45) is 5.33. The fourth-order valence-electron chi connectivity index (χ4n) is 2.33. The van der Waals surface area contributed by atoms with Crippen molar-refractivity contribution in [3.05, 3.63) is 0 Å². The molecule has 0 aromatic heterocycles. The third-order valence-corrected chi connectivity index (χ3v) is 2.90. The Morgan fingerprint density at radius 2 is 2.21 bits per heavy atom. The van der Waals surface area contributed by atoms with E-state index in [2.05, 4.69) is 25.7 Å². The number of amides is 1. The van der Waals surface area contributed by atoms with E-state index in [-0.39, 0.29) is 0 Å². The van der Waals surface area contributed by atoms with Crippen molar-refractivity contribution in [3.8, 4) is 0 Å². The molecule has 2 nitrogen and oxygen atoms in total. The molecule has 1 aliphatic heterocycles. The van der Waals surface area contributed by atoms with Crippen LogP contribution in [-0.2, 0) is 4.79 Å². The van der Waals surface area contributed by atoms with Gasteiger partial charge in [0.2, 0.25) is 5.91 Å². The van der Waals surface area contributed by atoms with E-state index in [1.54, 1.807) is 0 Å². The standard InChI is InChI=1S/C12H23NO/c1-4-8-13-11(9-10(2)3)6-5-7-12(13)14/h10-11H,4-9H2,1-3H3. The number of carbonyl (C=O) groups is 1. The number of nitrogens with zero attached hydrogens (tertiary/aromatic N) is 1. The lowest BCUT2D eigenvalue weighted by molar-refractivity contribution is -0.136. The van der Waals surface area contributed by atoms with Gasteiger partial charge in [0.05, 0.1) is 0 Å². The molecule has 1 unspecified atom stereocenters. The third-order valence-electron chi connectivity index (χ3n) is 2.90. The van der Waals surface area contributed by atoms with E-state index in [0.717, 1.165) is 25.8 Å². The van der Waals surface area contributed by atoms with Gasteiger partial charge in [-0.1, -0.05) is 20.8 Å².